The van der Waals surface area contributed by atoms with E-state index in [1.165, 1.54) is 121 Å². The zero-order valence-corrected chi connectivity index (χ0v) is 28.3. The lowest BCUT2D eigenvalue weighted by Crippen LogP contribution is -2.60. The number of aromatic hydroxyl groups is 1. The maximum absolute atomic E-state index is 12.3. The first-order chi connectivity index (χ1) is 22.8. The zero-order chi connectivity index (χ0) is 33.9. The van der Waals surface area contributed by atoms with E-state index in [-0.39, 0.29) is 30.1 Å². The van der Waals surface area contributed by atoms with Crippen LogP contribution in [0.2, 0.25) is 0 Å². The Morgan fingerprint density at radius 1 is 0.723 bits per heavy atom. The van der Waals surface area contributed by atoms with Gasteiger partial charge in [0, 0.05) is 23.9 Å². The Morgan fingerprint density at radius 3 is 1.81 bits per heavy atom. The van der Waals surface area contributed by atoms with E-state index in [1.54, 1.807) is 0 Å². The van der Waals surface area contributed by atoms with Gasteiger partial charge < -0.3 is 39.1 Å². The Kier molecular flexibility index (Phi) is 18.2. The number of phenolic OH excluding ortho intramolecular Hbond substituents is 1. The van der Waals surface area contributed by atoms with Crippen molar-refractivity contribution in [1.29, 1.82) is 0 Å². The first-order valence-corrected chi connectivity index (χ1v) is 18.1. The summed E-state index contributed by atoms with van der Waals surface area (Å²) in [5, 5.41) is 42.0. The summed E-state index contributed by atoms with van der Waals surface area (Å²) >= 11 is 0. The number of hydrogen-bond donors (Lipinski definition) is 4. The molecule has 47 heavy (non-hydrogen) atoms. The Labute approximate surface area is 279 Å². The summed E-state index contributed by atoms with van der Waals surface area (Å²) in [6, 6.07) is 5.26. The third-order valence-electron chi connectivity index (χ3n) is 9.01. The van der Waals surface area contributed by atoms with Crippen molar-refractivity contribution in [2.24, 2.45) is 0 Å². The SMILES string of the molecule is CCCCCCCCCCCCCCCCCCCCCC(=O)OCC1OC(Oc2cc3ccc(=O)oc3cc2O)C(O)C(O)C1O. The Balaban J connectivity index is 1.21. The number of carbonyl (C=O) groups is 1. The predicted octanol–water partition coefficient (Wildman–Crippen LogP) is 7.05. The maximum Gasteiger partial charge on any atom is 0.336 e. The Hall–Kier alpha value is -2.66. The molecule has 2 aromatic rings. The van der Waals surface area contributed by atoms with Gasteiger partial charge in [-0.3, -0.25) is 4.79 Å². The first kappa shape index (κ1) is 38.8. The van der Waals surface area contributed by atoms with E-state index >= 15 is 0 Å². The number of fused-ring (bicyclic) bond motifs is 1. The van der Waals surface area contributed by atoms with Gasteiger partial charge in [0.2, 0.25) is 6.29 Å². The molecular formula is C37H58O10. The number of aliphatic hydroxyl groups is 3. The molecule has 1 aromatic heterocycles. The number of aliphatic hydroxyl groups excluding tert-OH is 3. The molecule has 5 atom stereocenters. The van der Waals surface area contributed by atoms with E-state index in [2.05, 4.69) is 6.92 Å². The second kappa shape index (κ2) is 22.1. The van der Waals surface area contributed by atoms with Gasteiger partial charge in [-0.05, 0) is 18.6 Å². The van der Waals surface area contributed by atoms with Gasteiger partial charge in [0.05, 0.1) is 0 Å². The highest BCUT2D eigenvalue weighted by atomic mass is 16.7. The fourth-order valence-electron chi connectivity index (χ4n) is 6.05. The van der Waals surface area contributed by atoms with Gasteiger partial charge in [0.1, 0.15) is 36.6 Å². The summed E-state index contributed by atoms with van der Waals surface area (Å²) < 4.78 is 21.6. The topological polar surface area (TPSA) is 156 Å². The van der Waals surface area contributed by atoms with Crippen molar-refractivity contribution >= 4 is 16.9 Å². The molecule has 266 valence electrons. The van der Waals surface area contributed by atoms with E-state index < -0.39 is 42.3 Å². The van der Waals surface area contributed by atoms with E-state index in [9.17, 15) is 30.0 Å². The molecule has 5 unspecified atom stereocenters. The van der Waals surface area contributed by atoms with Crippen LogP contribution in [-0.4, -0.2) is 63.7 Å². The van der Waals surface area contributed by atoms with Crippen LogP contribution in [0.4, 0.5) is 0 Å². The number of benzene rings is 1. The molecule has 4 N–H and O–H groups in total. The number of unbranched alkanes of at least 4 members (excludes halogenated alkanes) is 18. The smallest absolute Gasteiger partial charge is 0.336 e. The molecule has 0 saturated carbocycles. The van der Waals surface area contributed by atoms with E-state index in [0.29, 0.717) is 11.8 Å². The summed E-state index contributed by atoms with van der Waals surface area (Å²) in [5.41, 5.74) is -0.445. The van der Waals surface area contributed by atoms with Crippen molar-refractivity contribution in [2.75, 3.05) is 6.61 Å². The molecule has 1 saturated heterocycles. The minimum Gasteiger partial charge on any atom is -0.504 e. The van der Waals surface area contributed by atoms with Gasteiger partial charge in [-0.15, -0.1) is 0 Å². The third kappa shape index (κ3) is 14.2. The maximum atomic E-state index is 12.3. The van der Waals surface area contributed by atoms with Crippen LogP contribution in [0, 0.1) is 0 Å². The molecule has 1 fully saturated rings. The highest BCUT2D eigenvalue weighted by molar-refractivity contribution is 5.80. The van der Waals surface area contributed by atoms with Crippen molar-refractivity contribution in [3.8, 4) is 11.5 Å². The van der Waals surface area contributed by atoms with Gasteiger partial charge in [0.25, 0.3) is 0 Å². The molecule has 10 heteroatoms. The average Bonchev–Trinajstić information content (AvgIpc) is 3.05. The molecule has 0 radical (unpaired) electrons. The molecule has 3 rings (SSSR count). The second-order valence-corrected chi connectivity index (χ2v) is 13.0. The lowest BCUT2D eigenvalue weighted by molar-refractivity contribution is -0.278. The first-order valence-electron chi connectivity index (χ1n) is 18.1. The fraction of sp³-hybridized carbons (Fsp3) is 0.730. The number of hydrogen-bond acceptors (Lipinski definition) is 10. The molecule has 1 aliphatic heterocycles. The van der Waals surface area contributed by atoms with Gasteiger partial charge in [-0.1, -0.05) is 122 Å². The summed E-state index contributed by atoms with van der Waals surface area (Å²) in [7, 11) is 0. The molecule has 0 spiro atoms. The van der Waals surface area contributed by atoms with E-state index in [0.717, 1.165) is 19.3 Å². The van der Waals surface area contributed by atoms with Crippen LogP contribution in [0.25, 0.3) is 11.0 Å². The lowest BCUT2D eigenvalue weighted by atomic mass is 9.99. The van der Waals surface area contributed by atoms with Crippen LogP contribution in [0.5, 0.6) is 11.5 Å². The number of rotatable bonds is 24. The average molecular weight is 663 g/mol. The Bertz CT molecular complexity index is 1210. The highest BCUT2D eigenvalue weighted by Gasteiger charge is 2.45. The van der Waals surface area contributed by atoms with E-state index in [1.807, 2.05) is 0 Å². The van der Waals surface area contributed by atoms with Crippen molar-refractivity contribution in [3.63, 3.8) is 0 Å². The van der Waals surface area contributed by atoms with Crippen molar-refractivity contribution < 1.29 is 43.8 Å². The van der Waals surface area contributed by atoms with Crippen LogP contribution in [0.15, 0.2) is 33.5 Å². The number of ether oxygens (including phenoxy) is 3. The predicted molar refractivity (Wildman–Crippen MR) is 180 cm³/mol. The molecule has 1 aromatic carbocycles. The zero-order valence-electron chi connectivity index (χ0n) is 28.3. The van der Waals surface area contributed by atoms with Crippen LogP contribution in [0.3, 0.4) is 0 Å². The van der Waals surface area contributed by atoms with Crippen molar-refractivity contribution in [1.82, 2.24) is 0 Å². The summed E-state index contributed by atoms with van der Waals surface area (Å²) in [5.74, 6) is -0.913. The number of esters is 1. The van der Waals surface area contributed by atoms with Crippen LogP contribution in [-0.2, 0) is 14.3 Å². The largest absolute Gasteiger partial charge is 0.504 e. The summed E-state index contributed by atoms with van der Waals surface area (Å²) in [6.45, 7) is 1.93. The molecule has 0 amide bonds. The molecule has 1 aliphatic rings. The third-order valence-corrected chi connectivity index (χ3v) is 9.01. The summed E-state index contributed by atoms with van der Waals surface area (Å²) in [6.07, 6.45) is 17.1. The molecule has 0 aliphatic carbocycles. The summed E-state index contributed by atoms with van der Waals surface area (Å²) in [4.78, 5) is 23.8. The normalized spacial score (nSPS) is 21.2. The standard InChI is InChI=1S/C37H58O10/c1-2-3-4-5-6-7-8-9-10-11-12-13-14-15-16-17-18-19-20-21-32(39)44-26-31-34(41)35(42)36(43)37(47-31)46-30-24-27-22-23-33(40)45-29(27)25-28(30)38/h22-25,31,34-38,41-43H,2-21,26H2,1H3. The van der Waals surface area contributed by atoms with Gasteiger partial charge in [-0.2, -0.15) is 0 Å². The van der Waals surface area contributed by atoms with E-state index in [4.69, 9.17) is 18.6 Å². The van der Waals surface area contributed by atoms with Crippen LogP contribution in [0.1, 0.15) is 135 Å². The monoisotopic (exact) mass is 662 g/mol. The van der Waals surface area contributed by atoms with Crippen molar-refractivity contribution in [3.05, 3.63) is 34.7 Å². The lowest BCUT2D eigenvalue weighted by Gasteiger charge is -2.39. The minimum absolute atomic E-state index is 0.0981. The minimum atomic E-state index is -1.65. The van der Waals surface area contributed by atoms with Gasteiger partial charge in [-0.25, -0.2) is 4.79 Å². The highest BCUT2D eigenvalue weighted by Crippen LogP contribution is 2.34. The molecule has 0 bridgehead atoms. The molecule has 2 heterocycles. The van der Waals surface area contributed by atoms with Crippen LogP contribution < -0.4 is 10.4 Å². The molecular weight excluding hydrogens is 604 g/mol. The number of phenols is 1. The fourth-order valence-corrected chi connectivity index (χ4v) is 6.05. The van der Waals surface area contributed by atoms with Gasteiger partial charge >= 0.3 is 11.6 Å². The quantitative estimate of drug-likeness (QED) is 0.0522. The Morgan fingerprint density at radius 2 is 1.26 bits per heavy atom. The van der Waals surface area contributed by atoms with Crippen LogP contribution >= 0.6 is 0 Å². The van der Waals surface area contributed by atoms with Gasteiger partial charge in [0.15, 0.2) is 11.5 Å². The molecule has 10 nitrogen and oxygen atoms in total. The van der Waals surface area contributed by atoms with Crippen molar-refractivity contribution in [2.45, 2.75) is 166 Å². The number of carbonyl (C=O) groups excluding carboxylic acids is 1. The second-order valence-electron chi connectivity index (χ2n) is 13.0.